The average Bonchev–Trinajstić information content (AvgIpc) is 2.73. The number of fused-ring (bicyclic) bond motifs is 3. The third-order valence-corrected chi connectivity index (χ3v) is 3.88. The maximum Gasteiger partial charge on any atom is 0.326 e. The summed E-state index contributed by atoms with van der Waals surface area (Å²) in [5.74, 6) is -0.552. The predicted octanol–water partition coefficient (Wildman–Crippen LogP) is 1.76. The maximum atomic E-state index is 11.2. The second-order valence-electron chi connectivity index (χ2n) is 4.84. The first-order valence-corrected chi connectivity index (χ1v) is 6.00. The molecule has 0 bridgehead atoms. The number of carboxylic acids is 1. The lowest BCUT2D eigenvalue weighted by Crippen LogP contribution is -2.43. The lowest BCUT2D eigenvalue weighted by molar-refractivity contribution is -0.138. The molecule has 0 aromatic heterocycles. The van der Waals surface area contributed by atoms with Crippen LogP contribution in [0.2, 0.25) is 0 Å². The molecule has 1 fully saturated rings. The number of anilines is 1. The van der Waals surface area contributed by atoms with E-state index in [2.05, 4.69) is 0 Å². The van der Waals surface area contributed by atoms with Crippen molar-refractivity contribution in [3.63, 3.8) is 0 Å². The van der Waals surface area contributed by atoms with Crippen molar-refractivity contribution in [2.75, 3.05) is 4.90 Å². The molecule has 1 aromatic carbocycles. The number of benzene rings is 1. The lowest BCUT2D eigenvalue weighted by Gasteiger charge is -2.36. The smallest absolute Gasteiger partial charge is 0.326 e. The Morgan fingerprint density at radius 1 is 1.29 bits per heavy atom. The fraction of sp³-hybridized carbons (Fsp3) is 0.462. The van der Waals surface area contributed by atoms with E-state index in [-0.39, 0.29) is 5.75 Å². The molecule has 2 aliphatic rings. The Morgan fingerprint density at radius 2 is 2.12 bits per heavy atom. The minimum Gasteiger partial charge on any atom is -0.508 e. The van der Waals surface area contributed by atoms with E-state index in [0.29, 0.717) is 12.5 Å². The van der Waals surface area contributed by atoms with Crippen molar-refractivity contribution < 1.29 is 15.0 Å². The van der Waals surface area contributed by atoms with E-state index in [1.807, 2.05) is 11.0 Å². The number of hydrogen-bond acceptors (Lipinski definition) is 3. The molecule has 0 radical (unpaired) electrons. The van der Waals surface area contributed by atoms with E-state index >= 15 is 0 Å². The number of phenols is 1. The minimum atomic E-state index is -0.760. The molecule has 4 heteroatoms. The average molecular weight is 233 g/mol. The monoisotopic (exact) mass is 233 g/mol. The second kappa shape index (κ2) is 3.65. The van der Waals surface area contributed by atoms with Gasteiger partial charge in [0.2, 0.25) is 0 Å². The number of rotatable bonds is 1. The molecular weight excluding hydrogens is 218 g/mol. The van der Waals surface area contributed by atoms with Crippen molar-refractivity contribution in [2.24, 2.45) is 0 Å². The van der Waals surface area contributed by atoms with Crippen LogP contribution in [0.4, 0.5) is 5.69 Å². The van der Waals surface area contributed by atoms with Crippen molar-refractivity contribution in [1.29, 1.82) is 0 Å². The van der Waals surface area contributed by atoms with Gasteiger partial charge in [0.15, 0.2) is 0 Å². The van der Waals surface area contributed by atoms with Crippen LogP contribution >= 0.6 is 0 Å². The fourth-order valence-corrected chi connectivity index (χ4v) is 3.10. The molecule has 17 heavy (non-hydrogen) atoms. The molecular formula is C13H15NO3. The first kappa shape index (κ1) is 10.4. The van der Waals surface area contributed by atoms with Gasteiger partial charge in [-0.15, -0.1) is 0 Å². The van der Waals surface area contributed by atoms with Crippen molar-refractivity contribution in [3.8, 4) is 5.75 Å². The molecule has 2 aliphatic heterocycles. The number of carbonyl (C=O) groups is 1. The Balaban J connectivity index is 2.06. The number of aliphatic carboxylic acids is 1. The van der Waals surface area contributed by atoms with E-state index in [4.69, 9.17) is 0 Å². The third kappa shape index (κ3) is 1.55. The zero-order chi connectivity index (χ0) is 12.0. The largest absolute Gasteiger partial charge is 0.508 e. The highest BCUT2D eigenvalue weighted by molar-refractivity contribution is 5.80. The fourth-order valence-electron chi connectivity index (χ4n) is 3.10. The number of aryl methyl sites for hydroxylation is 1. The van der Waals surface area contributed by atoms with Gasteiger partial charge in [0, 0.05) is 17.8 Å². The van der Waals surface area contributed by atoms with Gasteiger partial charge in [-0.1, -0.05) is 6.07 Å². The minimum absolute atomic E-state index is 0.209. The summed E-state index contributed by atoms with van der Waals surface area (Å²) in [5, 5.41) is 18.8. The van der Waals surface area contributed by atoms with E-state index < -0.39 is 12.0 Å². The molecule has 2 N–H and O–H groups in total. The number of phenolic OH excluding ortho intramolecular Hbond substituents is 1. The number of nitrogens with zero attached hydrogens (tertiary/aromatic N) is 1. The SMILES string of the molecule is O=C(O)C1CCC2CCc3ccc(O)cc3N21. The van der Waals surface area contributed by atoms with E-state index in [1.165, 1.54) is 0 Å². The number of aromatic hydroxyl groups is 1. The second-order valence-corrected chi connectivity index (χ2v) is 4.84. The molecule has 0 saturated carbocycles. The summed E-state index contributed by atoms with van der Waals surface area (Å²) in [6.45, 7) is 0. The first-order chi connectivity index (χ1) is 8.16. The maximum absolute atomic E-state index is 11.2. The van der Waals surface area contributed by atoms with E-state index in [0.717, 1.165) is 30.5 Å². The van der Waals surface area contributed by atoms with Crippen LogP contribution in [0.1, 0.15) is 24.8 Å². The molecule has 0 spiro atoms. The van der Waals surface area contributed by atoms with Crippen molar-refractivity contribution >= 4 is 11.7 Å². The van der Waals surface area contributed by atoms with Gasteiger partial charge in [-0.05, 0) is 37.3 Å². The molecule has 1 saturated heterocycles. The molecule has 2 atom stereocenters. The summed E-state index contributed by atoms with van der Waals surface area (Å²) in [7, 11) is 0. The first-order valence-electron chi connectivity index (χ1n) is 6.00. The molecule has 0 amide bonds. The molecule has 4 nitrogen and oxygen atoms in total. The zero-order valence-electron chi connectivity index (χ0n) is 9.47. The quantitative estimate of drug-likeness (QED) is 0.776. The Kier molecular flexibility index (Phi) is 2.24. The van der Waals surface area contributed by atoms with Crippen LogP contribution in [-0.2, 0) is 11.2 Å². The van der Waals surface area contributed by atoms with Crippen LogP contribution in [0.3, 0.4) is 0 Å². The van der Waals surface area contributed by atoms with Crippen molar-refractivity contribution in [2.45, 2.75) is 37.8 Å². The van der Waals surface area contributed by atoms with Gasteiger partial charge < -0.3 is 15.1 Å². The summed E-state index contributed by atoms with van der Waals surface area (Å²) in [4.78, 5) is 13.2. The van der Waals surface area contributed by atoms with Crippen LogP contribution in [0.15, 0.2) is 18.2 Å². The third-order valence-electron chi connectivity index (χ3n) is 3.88. The summed E-state index contributed by atoms with van der Waals surface area (Å²) in [6.07, 6.45) is 3.63. The van der Waals surface area contributed by atoms with Crippen LogP contribution in [-0.4, -0.2) is 28.3 Å². The number of hydrogen-bond donors (Lipinski definition) is 2. The van der Waals surface area contributed by atoms with E-state index in [9.17, 15) is 15.0 Å². The number of carboxylic acid groups (broad SMARTS) is 1. The van der Waals surface area contributed by atoms with Crippen LogP contribution in [0.25, 0.3) is 0 Å². The van der Waals surface area contributed by atoms with Crippen LogP contribution in [0.5, 0.6) is 5.75 Å². The summed E-state index contributed by atoms with van der Waals surface area (Å²) < 4.78 is 0. The Hall–Kier alpha value is -1.71. The normalized spacial score (nSPS) is 26.5. The van der Waals surface area contributed by atoms with Gasteiger partial charge in [-0.3, -0.25) is 0 Å². The highest BCUT2D eigenvalue weighted by Gasteiger charge is 2.40. The summed E-state index contributed by atoms with van der Waals surface area (Å²) >= 11 is 0. The zero-order valence-corrected chi connectivity index (χ0v) is 9.47. The summed E-state index contributed by atoms with van der Waals surface area (Å²) in [5.41, 5.74) is 2.05. The highest BCUT2D eigenvalue weighted by Crippen LogP contribution is 2.40. The van der Waals surface area contributed by atoms with Gasteiger partial charge in [-0.2, -0.15) is 0 Å². The molecule has 2 unspecified atom stereocenters. The molecule has 3 rings (SSSR count). The van der Waals surface area contributed by atoms with Crippen molar-refractivity contribution in [3.05, 3.63) is 23.8 Å². The highest BCUT2D eigenvalue weighted by atomic mass is 16.4. The predicted molar refractivity (Wildman–Crippen MR) is 63.4 cm³/mol. The Bertz CT molecular complexity index is 472. The van der Waals surface area contributed by atoms with Gasteiger partial charge in [0.1, 0.15) is 11.8 Å². The Labute approximate surface area is 99.5 Å². The molecule has 2 heterocycles. The van der Waals surface area contributed by atoms with Gasteiger partial charge in [0.25, 0.3) is 0 Å². The van der Waals surface area contributed by atoms with E-state index in [1.54, 1.807) is 12.1 Å². The standard InChI is InChI=1S/C13H15NO3/c15-10-5-2-8-1-3-9-4-6-11(13(16)17)14(9)12(8)7-10/h2,5,7,9,11,15H,1,3-4,6H2,(H,16,17). The van der Waals surface area contributed by atoms with Gasteiger partial charge in [0.05, 0.1) is 0 Å². The van der Waals surface area contributed by atoms with Crippen molar-refractivity contribution in [1.82, 2.24) is 0 Å². The van der Waals surface area contributed by atoms with Gasteiger partial charge in [-0.25, -0.2) is 4.79 Å². The Morgan fingerprint density at radius 3 is 2.88 bits per heavy atom. The van der Waals surface area contributed by atoms with Crippen LogP contribution in [0, 0.1) is 0 Å². The van der Waals surface area contributed by atoms with Crippen LogP contribution < -0.4 is 4.90 Å². The molecule has 90 valence electrons. The molecule has 0 aliphatic carbocycles. The lowest BCUT2D eigenvalue weighted by atomic mass is 9.96. The van der Waals surface area contributed by atoms with Gasteiger partial charge >= 0.3 is 5.97 Å². The summed E-state index contributed by atoms with van der Waals surface area (Å²) in [6, 6.07) is 5.16. The molecule has 1 aromatic rings. The topological polar surface area (TPSA) is 60.8 Å².